The zero-order valence-corrected chi connectivity index (χ0v) is 10.9. The summed E-state index contributed by atoms with van der Waals surface area (Å²) in [5.41, 5.74) is 8.04. The molecule has 1 unspecified atom stereocenters. The van der Waals surface area contributed by atoms with Crippen LogP contribution in [0.15, 0.2) is 23.4 Å². The normalized spacial score (nSPS) is 13.4. The standard InChI is InChI=1S/C12H17N3OS/c1-3-9(4-2)17(16)12-14-10-6-5-8(13)7-11(10)15-12/h5-7,9H,3-4,13H2,1-2H3,(H,14,15). The van der Waals surface area contributed by atoms with Crippen molar-refractivity contribution in [1.82, 2.24) is 9.97 Å². The van der Waals surface area contributed by atoms with Crippen molar-refractivity contribution in [2.24, 2.45) is 0 Å². The Morgan fingerprint density at radius 3 is 2.76 bits per heavy atom. The number of imidazole rings is 1. The molecule has 0 aliphatic rings. The van der Waals surface area contributed by atoms with Crippen LogP contribution in [0, 0.1) is 0 Å². The predicted molar refractivity (Wildman–Crippen MR) is 71.3 cm³/mol. The number of hydrogen-bond acceptors (Lipinski definition) is 3. The quantitative estimate of drug-likeness (QED) is 0.820. The van der Waals surface area contributed by atoms with Crippen molar-refractivity contribution >= 4 is 27.5 Å². The summed E-state index contributed by atoms with van der Waals surface area (Å²) in [6.45, 7) is 4.10. The van der Waals surface area contributed by atoms with E-state index in [1.807, 2.05) is 26.0 Å². The predicted octanol–water partition coefficient (Wildman–Crippen LogP) is 2.44. The zero-order chi connectivity index (χ0) is 12.4. The summed E-state index contributed by atoms with van der Waals surface area (Å²) in [7, 11) is -1.07. The summed E-state index contributed by atoms with van der Waals surface area (Å²) < 4.78 is 12.2. The van der Waals surface area contributed by atoms with E-state index in [4.69, 9.17) is 5.73 Å². The molecule has 0 aliphatic carbocycles. The fourth-order valence-corrected chi connectivity index (χ4v) is 3.17. The molecule has 3 N–H and O–H groups in total. The number of benzene rings is 1. The molecule has 1 aromatic heterocycles. The van der Waals surface area contributed by atoms with E-state index in [0.29, 0.717) is 10.8 Å². The summed E-state index contributed by atoms with van der Waals surface area (Å²) in [6.07, 6.45) is 1.78. The van der Waals surface area contributed by atoms with Crippen LogP contribution in [0.1, 0.15) is 26.7 Å². The Kier molecular flexibility index (Phi) is 3.47. The van der Waals surface area contributed by atoms with Gasteiger partial charge in [-0.15, -0.1) is 0 Å². The van der Waals surface area contributed by atoms with Crippen LogP contribution in [0.3, 0.4) is 0 Å². The molecule has 0 aliphatic heterocycles. The van der Waals surface area contributed by atoms with Gasteiger partial charge in [0.2, 0.25) is 0 Å². The number of aromatic amines is 1. The summed E-state index contributed by atoms with van der Waals surface area (Å²) in [5.74, 6) is 0. The first-order valence-electron chi connectivity index (χ1n) is 5.81. The molecule has 2 aromatic rings. The fourth-order valence-electron chi connectivity index (χ4n) is 1.85. The maximum absolute atomic E-state index is 12.2. The van der Waals surface area contributed by atoms with E-state index in [-0.39, 0.29) is 5.25 Å². The Balaban J connectivity index is 2.39. The first-order valence-corrected chi connectivity index (χ1v) is 7.02. The van der Waals surface area contributed by atoms with Crippen LogP contribution in [0.4, 0.5) is 5.69 Å². The molecule has 0 fully saturated rings. The largest absolute Gasteiger partial charge is 0.399 e. The van der Waals surface area contributed by atoms with Gasteiger partial charge in [-0.25, -0.2) is 4.98 Å². The van der Waals surface area contributed by atoms with Crippen LogP contribution in [0.25, 0.3) is 11.0 Å². The monoisotopic (exact) mass is 251 g/mol. The van der Waals surface area contributed by atoms with E-state index in [9.17, 15) is 4.21 Å². The number of rotatable bonds is 4. The van der Waals surface area contributed by atoms with Gasteiger partial charge >= 0.3 is 0 Å². The summed E-state index contributed by atoms with van der Waals surface area (Å²) in [5, 5.41) is 0.715. The Morgan fingerprint density at radius 1 is 1.41 bits per heavy atom. The molecule has 1 atom stereocenters. The highest BCUT2D eigenvalue weighted by molar-refractivity contribution is 7.85. The van der Waals surface area contributed by atoms with Crippen molar-refractivity contribution in [1.29, 1.82) is 0 Å². The van der Waals surface area contributed by atoms with Gasteiger partial charge in [-0.2, -0.15) is 0 Å². The van der Waals surface area contributed by atoms with Crippen LogP contribution in [0.5, 0.6) is 0 Å². The van der Waals surface area contributed by atoms with Crippen LogP contribution >= 0.6 is 0 Å². The topological polar surface area (TPSA) is 71.8 Å². The molecule has 2 rings (SSSR count). The number of H-pyrrole nitrogens is 1. The van der Waals surface area contributed by atoms with E-state index in [1.165, 1.54) is 0 Å². The number of aromatic nitrogens is 2. The lowest BCUT2D eigenvalue weighted by Gasteiger charge is -2.08. The highest BCUT2D eigenvalue weighted by Gasteiger charge is 2.18. The van der Waals surface area contributed by atoms with Crippen LogP contribution < -0.4 is 5.73 Å². The van der Waals surface area contributed by atoms with E-state index in [2.05, 4.69) is 9.97 Å². The lowest BCUT2D eigenvalue weighted by Crippen LogP contribution is -2.14. The molecule has 5 heteroatoms. The molecule has 4 nitrogen and oxygen atoms in total. The van der Waals surface area contributed by atoms with Gasteiger partial charge in [0.05, 0.1) is 21.8 Å². The number of fused-ring (bicyclic) bond motifs is 1. The third kappa shape index (κ3) is 2.34. The van der Waals surface area contributed by atoms with E-state index in [1.54, 1.807) is 6.07 Å². The third-order valence-electron chi connectivity index (χ3n) is 2.89. The number of anilines is 1. The van der Waals surface area contributed by atoms with Gasteiger partial charge < -0.3 is 10.7 Å². The minimum Gasteiger partial charge on any atom is -0.399 e. The molecule has 0 saturated carbocycles. The molecular weight excluding hydrogens is 234 g/mol. The number of nitrogen functional groups attached to an aromatic ring is 1. The van der Waals surface area contributed by atoms with Crippen LogP contribution in [0.2, 0.25) is 0 Å². The summed E-state index contributed by atoms with van der Waals surface area (Å²) in [6, 6.07) is 5.46. The third-order valence-corrected chi connectivity index (χ3v) is 4.73. The van der Waals surface area contributed by atoms with Gasteiger partial charge in [-0.3, -0.25) is 4.21 Å². The smallest absolute Gasteiger partial charge is 0.197 e. The van der Waals surface area contributed by atoms with Crippen LogP contribution in [-0.2, 0) is 10.8 Å². The van der Waals surface area contributed by atoms with Gasteiger partial charge in [0.15, 0.2) is 5.16 Å². The maximum atomic E-state index is 12.2. The van der Waals surface area contributed by atoms with E-state index >= 15 is 0 Å². The second-order valence-electron chi connectivity index (χ2n) is 4.05. The molecule has 1 aromatic carbocycles. The maximum Gasteiger partial charge on any atom is 0.197 e. The first kappa shape index (κ1) is 12.1. The number of hydrogen-bond donors (Lipinski definition) is 2. The summed E-state index contributed by atoms with van der Waals surface area (Å²) in [4.78, 5) is 7.45. The lowest BCUT2D eigenvalue weighted by atomic mass is 10.3. The molecule has 1 heterocycles. The minimum atomic E-state index is -1.07. The molecule has 0 radical (unpaired) electrons. The molecule has 17 heavy (non-hydrogen) atoms. The van der Waals surface area contributed by atoms with Crippen LogP contribution in [-0.4, -0.2) is 19.4 Å². The van der Waals surface area contributed by atoms with Crippen molar-refractivity contribution in [3.8, 4) is 0 Å². The molecule has 0 spiro atoms. The van der Waals surface area contributed by atoms with Crippen molar-refractivity contribution in [3.63, 3.8) is 0 Å². The molecule has 0 amide bonds. The Labute approximate surface area is 103 Å². The highest BCUT2D eigenvalue weighted by atomic mass is 32.2. The Hall–Kier alpha value is -1.36. The fraction of sp³-hybridized carbons (Fsp3) is 0.417. The van der Waals surface area contributed by atoms with Gasteiger partial charge in [-0.1, -0.05) is 13.8 Å². The average Bonchev–Trinajstić information content (AvgIpc) is 2.73. The van der Waals surface area contributed by atoms with Crippen molar-refractivity contribution in [3.05, 3.63) is 18.2 Å². The summed E-state index contributed by atoms with van der Waals surface area (Å²) >= 11 is 0. The van der Waals surface area contributed by atoms with Gasteiger partial charge in [-0.05, 0) is 31.0 Å². The first-order chi connectivity index (χ1) is 8.15. The molecule has 0 bridgehead atoms. The number of nitrogens with two attached hydrogens (primary N) is 1. The van der Waals surface area contributed by atoms with Crippen molar-refractivity contribution < 1.29 is 4.21 Å². The number of nitrogens with one attached hydrogen (secondary N) is 1. The second-order valence-corrected chi connectivity index (χ2v) is 5.70. The zero-order valence-electron chi connectivity index (χ0n) is 10.1. The van der Waals surface area contributed by atoms with Gasteiger partial charge in [0.1, 0.15) is 0 Å². The Morgan fingerprint density at radius 2 is 2.12 bits per heavy atom. The average molecular weight is 251 g/mol. The lowest BCUT2D eigenvalue weighted by molar-refractivity contribution is 0.652. The minimum absolute atomic E-state index is 0.160. The van der Waals surface area contributed by atoms with Gasteiger partial charge in [0.25, 0.3) is 0 Å². The van der Waals surface area contributed by atoms with Gasteiger partial charge in [0, 0.05) is 10.9 Å². The molecule has 92 valence electrons. The SMILES string of the molecule is CCC(CC)S(=O)c1nc2ccc(N)cc2[nH]1. The second kappa shape index (κ2) is 4.87. The van der Waals surface area contributed by atoms with E-state index < -0.39 is 10.8 Å². The number of nitrogens with zero attached hydrogens (tertiary/aromatic N) is 1. The molecular formula is C12H17N3OS. The van der Waals surface area contributed by atoms with Crippen molar-refractivity contribution in [2.45, 2.75) is 37.1 Å². The Bertz CT molecular complexity index is 546. The highest BCUT2D eigenvalue weighted by Crippen LogP contribution is 2.19. The molecule has 0 saturated heterocycles. The van der Waals surface area contributed by atoms with Crippen molar-refractivity contribution in [2.75, 3.05) is 5.73 Å². The van der Waals surface area contributed by atoms with E-state index in [0.717, 1.165) is 23.9 Å².